The van der Waals surface area contributed by atoms with Crippen LogP contribution in [0.5, 0.6) is 0 Å². The second-order valence-electron chi connectivity index (χ2n) is 5.13. The number of carboxylic acids is 1. The molecule has 0 saturated carbocycles. The molecule has 2 aromatic rings. The number of nitrogens with zero attached hydrogens (tertiary/aromatic N) is 1. The Morgan fingerprint density at radius 3 is 2.89 bits per heavy atom. The predicted octanol–water partition coefficient (Wildman–Crippen LogP) is 4.10. The maximum Gasteiger partial charge on any atom is 0.303 e. The molecule has 0 amide bonds. The lowest BCUT2D eigenvalue weighted by molar-refractivity contribution is -0.139. The molecule has 1 aromatic heterocycles. The van der Waals surface area contributed by atoms with Crippen molar-refractivity contribution in [1.82, 2.24) is 4.98 Å². The molecule has 3 nitrogen and oxygen atoms in total. The van der Waals surface area contributed by atoms with E-state index in [2.05, 4.69) is 20.9 Å². The highest BCUT2D eigenvalue weighted by Gasteiger charge is 2.24. The Bertz CT molecular complexity index is 592. The van der Waals surface area contributed by atoms with Gasteiger partial charge in [0.2, 0.25) is 0 Å². The van der Waals surface area contributed by atoms with Gasteiger partial charge < -0.3 is 5.11 Å². The Morgan fingerprint density at radius 2 is 2.22 bits per heavy atom. The van der Waals surface area contributed by atoms with E-state index in [1.807, 2.05) is 32.0 Å². The van der Waals surface area contributed by atoms with Crippen LogP contribution in [0.3, 0.4) is 0 Å². The highest BCUT2D eigenvalue weighted by molar-refractivity contribution is 9.10. The van der Waals surface area contributed by atoms with E-state index in [4.69, 9.17) is 5.11 Å². The first-order chi connectivity index (χ1) is 8.35. The van der Waals surface area contributed by atoms with Crippen LogP contribution in [-0.2, 0) is 11.2 Å². The lowest BCUT2D eigenvalue weighted by Gasteiger charge is -2.20. The Hall–Kier alpha value is -0.940. The molecule has 1 N–H and O–H groups in total. The minimum absolute atomic E-state index is 0.159. The zero-order chi connectivity index (χ0) is 13.3. The van der Waals surface area contributed by atoms with E-state index < -0.39 is 5.97 Å². The summed E-state index contributed by atoms with van der Waals surface area (Å²) in [6, 6.07) is 5.98. The third-order valence-electron chi connectivity index (χ3n) is 2.65. The summed E-state index contributed by atoms with van der Waals surface area (Å²) >= 11 is 5.07. The topological polar surface area (TPSA) is 50.2 Å². The maximum atomic E-state index is 10.8. The highest BCUT2D eigenvalue weighted by atomic mass is 79.9. The van der Waals surface area contributed by atoms with Crippen LogP contribution >= 0.6 is 27.3 Å². The summed E-state index contributed by atoms with van der Waals surface area (Å²) < 4.78 is 2.17. The van der Waals surface area contributed by atoms with Crippen molar-refractivity contribution in [1.29, 1.82) is 0 Å². The van der Waals surface area contributed by atoms with Crippen molar-refractivity contribution in [2.45, 2.75) is 26.7 Å². The van der Waals surface area contributed by atoms with E-state index >= 15 is 0 Å². The third-order valence-corrected chi connectivity index (χ3v) is 4.17. The molecule has 0 atom stereocenters. The van der Waals surface area contributed by atoms with Gasteiger partial charge >= 0.3 is 5.97 Å². The number of carboxylic acid groups (broad SMARTS) is 1. The van der Waals surface area contributed by atoms with Gasteiger partial charge in [-0.1, -0.05) is 29.8 Å². The summed E-state index contributed by atoms with van der Waals surface area (Å²) in [5, 5.41) is 9.87. The van der Waals surface area contributed by atoms with E-state index in [-0.39, 0.29) is 11.8 Å². The quantitative estimate of drug-likeness (QED) is 0.919. The van der Waals surface area contributed by atoms with Crippen molar-refractivity contribution >= 4 is 43.5 Å². The van der Waals surface area contributed by atoms with Crippen LogP contribution in [0.25, 0.3) is 10.2 Å². The van der Waals surface area contributed by atoms with E-state index in [1.54, 1.807) is 11.3 Å². The molecular weight excluding hydrogens is 314 g/mol. The van der Waals surface area contributed by atoms with Gasteiger partial charge in [-0.3, -0.25) is 4.79 Å². The number of hydrogen-bond acceptors (Lipinski definition) is 3. The smallest absolute Gasteiger partial charge is 0.303 e. The van der Waals surface area contributed by atoms with Crippen LogP contribution in [0.4, 0.5) is 0 Å². The number of hydrogen-bond donors (Lipinski definition) is 1. The maximum absolute atomic E-state index is 10.8. The van der Waals surface area contributed by atoms with Gasteiger partial charge in [0, 0.05) is 10.9 Å². The molecule has 0 aliphatic heterocycles. The predicted molar refractivity (Wildman–Crippen MR) is 77.1 cm³/mol. The van der Waals surface area contributed by atoms with Crippen molar-refractivity contribution in [2.24, 2.45) is 5.41 Å². The second-order valence-corrected chi connectivity index (χ2v) is 7.16. The number of aliphatic carboxylic acids is 1. The molecule has 18 heavy (non-hydrogen) atoms. The lowest BCUT2D eigenvalue weighted by Crippen LogP contribution is -2.19. The van der Waals surface area contributed by atoms with Gasteiger partial charge in [-0.15, -0.1) is 11.3 Å². The summed E-state index contributed by atoms with van der Waals surface area (Å²) in [7, 11) is 0. The lowest BCUT2D eigenvalue weighted by atomic mass is 9.86. The Labute approximate surface area is 118 Å². The molecule has 0 unspecified atom stereocenters. The van der Waals surface area contributed by atoms with Crippen LogP contribution in [0.2, 0.25) is 0 Å². The third kappa shape index (κ3) is 3.29. The van der Waals surface area contributed by atoms with Crippen molar-refractivity contribution in [3.63, 3.8) is 0 Å². The summed E-state index contributed by atoms with van der Waals surface area (Å²) in [6.07, 6.45) is 0.850. The molecule has 1 aromatic carbocycles. The van der Waals surface area contributed by atoms with Crippen LogP contribution in [-0.4, -0.2) is 16.1 Å². The molecule has 96 valence electrons. The molecule has 0 aliphatic carbocycles. The van der Waals surface area contributed by atoms with Gasteiger partial charge in [0.1, 0.15) is 0 Å². The largest absolute Gasteiger partial charge is 0.481 e. The summed E-state index contributed by atoms with van der Waals surface area (Å²) in [4.78, 5) is 15.3. The molecule has 2 rings (SSSR count). The zero-order valence-corrected chi connectivity index (χ0v) is 12.6. The fourth-order valence-electron chi connectivity index (χ4n) is 1.90. The fourth-order valence-corrected chi connectivity index (χ4v) is 3.68. The fraction of sp³-hybridized carbons (Fsp3) is 0.385. The zero-order valence-electron chi connectivity index (χ0n) is 10.2. The van der Waals surface area contributed by atoms with Crippen molar-refractivity contribution < 1.29 is 9.90 Å². The van der Waals surface area contributed by atoms with Crippen molar-refractivity contribution in [2.75, 3.05) is 0 Å². The Kier molecular flexibility index (Phi) is 3.73. The second kappa shape index (κ2) is 4.97. The number of carbonyl (C=O) groups is 1. The van der Waals surface area contributed by atoms with Crippen molar-refractivity contribution in [3.8, 4) is 0 Å². The number of aromatic nitrogens is 1. The monoisotopic (exact) mass is 327 g/mol. The van der Waals surface area contributed by atoms with Crippen LogP contribution in [0.1, 0.15) is 25.3 Å². The number of halogens is 1. The Balaban J connectivity index is 2.24. The van der Waals surface area contributed by atoms with Gasteiger partial charge in [0.25, 0.3) is 0 Å². The Morgan fingerprint density at radius 1 is 1.50 bits per heavy atom. The molecule has 0 fully saturated rings. The van der Waals surface area contributed by atoms with Gasteiger partial charge in [-0.05, 0) is 23.6 Å². The first-order valence-corrected chi connectivity index (χ1v) is 7.23. The van der Waals surface area contributed by atoms with Gasteiger partial charge in [-0.25, -0.2) is 4.98 Å². The number of fused-ring (bicyclic) bond motifs is 1. The average molecular weight is 328 g/mol. The van der Waals surface area contributed by atoms with Gasteiger partial charge in [0.05, 0.1) is 21.6 Å². The van der Waals surface area contributed by atoms with E-state index in [1.165, 1.54) is 0 Å². The molecule has 0 radical (unpaired) electrons. The average Bonchev–Trinajstić information content (AvgIpc) is 2.55. The minimum atomic E-state index is -0.760. The molecule has 5 heteroatoms. The first kappa shape index (κ1) is 13.5. The number of thiazole rings is 1. The van der Waals surface area contributed by atoms with Crippen LogP contribution in [0.15, 0.2) is 22.7 Å². The number of rotatable bonds is 4. The summed E-state index contributed by atoms with van der Waals surface area (Å²) in [5.41, 5.74) is 0.709. The SMILES string of the molecule is CC(C)(CC(=O)O)Cc1nc2ccc(Br)cc2s1. The van der Waals surface area contributed by atoms with Crippen LogP contribution < -0.4 is 0 Å². The molecule has 0 saturated heterocycles. The van der Waals surface area contributed by atoms with Crippen LogP contribution in [0, 0.1) is 5.41 Å². The molecule has 0 aliphatic rings. The van der Waals surface area contributed by atoms with Gasteiger partial charge in [0.15, 0.2) is 0 Å². The van der Waals surface area contributed by atoms with E-state index in [0.29, 0.717) is 6.42 Å². The molecule has 1 heterocycles. The van der Waals surface area contributed by atoms with E-state index in [0.717, 1.165) is 19.7 Å². The highest BCUT2D eigenvalue weighted by Crippen LogP contribution is 2.31. The summed E-state index contributed by atoms with van der Waals surface area (Å²) in [5.74, 6) is -0.760. The minimum Gasteiger partial charge on any atom is -0.481 e. The summed E-state index contributed by atoms with van der Waals surface area (Å²) in [6.45, 7) is 3.92. The number of benzene rings is 1. The van der Waals surface area contributed by atoms with Gasteiger partial charge in [-0.2, -0.15) is 0 Å². The van der Waals surface area contributed by atoms with E-state index in [9.17, 15) is 4.79 Å². The normalized spacial score (nSPS) is 11.9. The first-order valence-electron chi connectivity index (χ1n) is 5.62. The molecule has 0 spiro atoms. The molecular formula is C13H14BrNO2S. The standard InChI is InChI=1S/C13H14BrNO2S/c1-13(2,7-12(16)17)6-11-15-9-4-3-8(14)5-10(9)18-11/h3-5H,6-7H2,1-2H3,(H,16,17). The van der Waals surface area contributed by atoms with Crippen molar-refractivity contribution in [3.05, 3.63) is 27.7 Å². The molecule has 0 bridgehead atoms.